The van der Waals surface area contributed by atoms with Gasteiger partial charge >= 0.3 is 0 Å². The molecule has 2 rings (SSSR count). The summed E-state index contributed by atoms with van der Waals surface area (Å²) in [5.74, 6) is 0.357. The fourth-order valence-electron chi connectivity index (χ4n) is 2.45. The summed E-state index contributed by atoms with van der Waals surface area (Å²) in [4.78, 5) is 2.51. The highest BCUT2D eigenvalue weighted by atomic mass is 16.3. The lowest BCUT2D eigenvalue weighted by Crippen LogP contribution is -2.58. The van der Waals surface area contributed by atoms with E-state index in [2.05, 4.69) is 30.1 Å². The van der Waals surface area contributed by atoms with Crippen molar-refractivity contribution in [1.29, 1.82) is 0 Å². The largest absolute Gasteiger partial charge is 0.508 e. The molecule has 1 heterocycles. The van der Waals surface area contributed by atoms with Crippen molar-refractivity contribution >= 4 is 0 Å². The predicted octanol–water partition coefficient (Wildman–Crippen LogP) is 1.97. The number of rotatable bonds is 3. The molecule has 0 amide bonds. The molecular formula is C14H22N2O. The van der Waals surface area contributed by atoms with Crippen molar-refractivity contribution in [3.63, 3.8) is 0 Å². The Morgan fingerprint density at radius 3 is 3.00 bits per heavy atom. The van der Waals surface area contributed by atoms with E-state index < -0.39 is 0 Å². The number of hydrogen-bond donors (Lipinski definition) is 2. The molecule has 1 fully saturated rings. The summed E-state index contributed by atoms with van der Waals surface area (Å²) in [5, 5.41) is 13.0. The summed E-state index contributed by atoms with van der Waals surface area (Å²) in [6, 6.07) is 7.58. The zero-order valence-electron chi connectivity index (χ0n) is 10.7. The van der Waals surface area contributed by atoms with E-state index in [0.717, 1.165) is 32.6 Å². The highest BCUT2D eigenvalue weighted by molar-refractivity contribution is 5.27. The number of hydrogen-bond acceptors (Lipinski definition) is 3. The van der Waals surface area contributed by atoms with Gasteiger partial charge in [0.25, 0.3) is 0 Å². The second kappa shape index (κ2) is 5.07. The smallest absolute Gasteiger partial charge is 0.115 e. The molecule has 0 saturated carbocycles. The van der Waals surface area contributed by atoms with Crippen molar-refractivity contribution in [3.8, 4) is 5.75 Å². The maximum Gasteiger partial charge on any atom is 0.115 e. The lowest BCUT2D eigenvalue weighted by molar-refractivity contribution is 0.0637. The Kier molecular flexibility index (Phi) is 3.69. The number of phenols is 1. The number of nitrogens with one attached hydrogen (secondary N) is 1. The third-order valence-electron chi connectivity index (χ3n) is 3.87. The number of nitrogens with zero attached hydrogens (tertiary/aromatic N) is 1. The zero-order chi connectivity index (χ0) is 12.3. The van der Waals surface area contributed by atoms with Gasteiger partial charge in [-0.25, -0.2) is 0 Å². The molecule has 94 valence electrons. The van der Waals surface area contributed by atoms with Crippen LogP contribution in [0.25, 0.3) is 0 Å². The van der Waals surface area contributed by atoms with E-state index in [4.69, 9.17) is 0 Å². The summed E-state index contributed by atoms with van der Waals surface area (Å²) in [6.45, 7) is 8.63. The monoisotopic (exact) mass is 234 g/mol. The highest BCUT2D eigenvalue weighted by Crippen LogP contribution is 2.24. The minimum Gasteiger partial charge on any atom is -0.508 e. The normalized spacial score (nSPS) is 26.0. The lowest BCUT2D eigenvalue weighted by Gasteiger charge is -2.45. The van der Waals surface area contributed by atoms with Crippen molar-refractivity contribution in [2.75, 3.05) is 19.6 Å². The molecule has 1 aliphatic heterocycles. The Bertz CT molecular complexity index is 380. The van der Waals surface area contributed by atoms with Gasteiger partial charge in [-0.15, -0.1) is 0 Å². The summed E-state index contributed by atoms with van der Waals surface area (Å²) in [5.41, 5.74) is 1.41. The van der Waals surface area contributed by atoms with Gasteiger partial charge in [-0.2, -0.15) is 0 Å². The van der Waals surface area contributed by atoms with Crippen molar-refractivity contribution in [2.24, 2.45) is 0 Å². The molecule has 0 aliphatic carbocycles. The van der Waals surface area contributed by atoms with E-state index >= 15 is 0 Å². The van der Waals surface area contributed by atoms with Gasteiger partial charge in [0.1, 0.15) is 5.75 Å². The van der Waals surface area contributed by atoms with Gasteiger partial charge in [-0.3, -0.25) is 4.90 Å². The molecule has 1 saturated heterocycles. The van der Waals surface area contributed by atoms with Gasteiger partial charge in [-0.05, 0) is 31.0 Å². The standard InChI is InChI=1S/C14H22N2O/c1-3-14(2)11-15-7-8-16(14)10-12-5-4-6-13(17)9-12/h4-6,9,15,17H,3,7-8,10-11H2,1-2H3. The van der Waals surface area contributed by atoms with Crippen LogP contribution >= 0.6 is 0 Å². The van der Waals surface area contributed by atoms with E-state index in [1.807, 2.05) is 12.1 Å². The first-order chi connectivity index (χ1) is 8.14. The molecular weight excluding hydrogens is 212 g/mol. The number of aromatic hydroxyl groups is 1. The van der Waals surface area contributed by atoms with Gasteiger partial charge in [0.15, 0.2) is 0 Å². The van der Waals surface area contributed by atoms with Crippen molar-refractivity contribution in [1.82, 2.24) is 10.2 Å². The SMILES string of the molecule is CCC1(C)CNCCN1Cc1cccc(O)c1. The van der Waals surface area contributed by atoms with Gasteiger partial charge in [0.05, 0.1) is 0 Å². The van der Waals surface area contributed by atoms with Gasteiger partial charge in [-0.1, -0.05) is 19.1 Å². The second-order valence-electron chi connectivity index (χ2n) is 5.12. The zero-order valence-corrected chi connectivity index (χ0v) is 10.7. The molecule has 0 aromatic heterocycles. The first-order valence-electron chi connectivity index (χ1n) is 6.38. The maximum atomic E-state index is 9.50. The first-order valence-corrected chi connectivity index (χ1v) is 6.38. The molecule has 1 atom stereocenters. The van der Waals surface area contributed by atoms with E-state index in [1.54, 1.807) is 6.07 Å². The maximum absolute atomic E-state index is 9.50. The van der Waals surface area contributed by atoms with Crippen LogP contribution in [0, 0.1) is 0 Å². The van der Waals surface area contributed by atoms with Crippen LogP contribution in [0.15, 0.2) is 24.3 Å². The molecule has 1 aromatic carbocycles. The lowest BCUT2D eigenvalue weighted by atomic mass is 9.93. The topological polar surface area (TPSA) is 35.5 Å². The second-order valence-corrected chi connectivity index (χ2v) is 5.12. The average molecular weight is 234 g/mol. The molecule has 0 radical (unpaired) electrons. The van der Waals surface area contributed by atoms with Crippen LogP contribution in [0.3, 0.4) is 0 Å². The van der Waals surface area contributed by atoms with Gasteiger partial charge in [0, 0.05) is 31.7 Å². The summed E-state index contributed by atoms with van der Waals surface area (Å²) in [7, 11) is 0. The van der Waals surface area contributed by atoms with Crippen LogP contribution in [0.4, 0.5) is 0 Å². The Labute approximate surface area is 103 Å². The number of benzene rings is 1. The minimum absolute atomic E-state index is 0.226. The predicted molar refractivity (Wildman–Crippen MR) is 70.1 cm³/mol. The van der Waals surface area contributed by atoms with E-state index in [0.29, 0.717) is 5.75 Å². The highest BCUT2D eigenvalue weighted by Gasteiger charge is 2.32. The Morgan fingerprint density at radius 2 is 2.29 bits per heavy atom. The van der Waals surface area contributed by atoms with Crippen LogP contribution in [0.1, 0.15) is 25.8 Å². The Balaban J connectivity index is 2.11. The third kappa shape index (κ3) is 2.79. The quantitative estimate of drug-likeness (QED) is 0.839. The molecule has 0 bridgehead atoms. The first kappa shape index (κ1) is 12.4. The molecule has 1 unspecified atom stereocenters. The summed E-state index contributed by atoms with van der Waals surface area (Å²) >= 11 is 0. The van der Waals surface area contributed by atoms with Crippen LogP contribution in [-0.4, -0.2) is 35.2 Å². The van der Waals surface area contributed by atoms with Gasteiger partial charge in [0.2, 0.25) is 0 Å². The van der Waals surface area contributed by atoms with Crippen LogP contribution in [-0.2, 0) is 6.54 Å². The fraction of sp³-hybridized carbons (Fsp3) is 0.571. The van der Waals surface area contributed by atoms with E-state index in [9.17, 15) is 5.11 Å². The minimum atomic E-state index is 0.226. The average Bonchev–Trinajstić information content (AvgIpc) is 2.32. The Hall–Kier alpha value is -1.06. The molecule has 1 aliphatic rings. The van der Waals surface area contributed by atoms with Crippen LogP contribution in [0.5, 0.6) is 5.75 Å². The molecule has 3 heteroatoms. The molecule has 3 nitrogen and oxygen atoms in total. The molecule has 0 spiro atoms. The van der Waals surface area contributed by atoms with Crippen molar-refractivity contribution in [3.05, 3.63) is 29.8 Å². The molecule has 1 aromatic rings. The van der Waals surface area contributed by atoms with Crippen molar-refractivity contribution in [2.45, 2.75) is 32.4 Å². The third-order valence-corrected chi connectivity index (χ3v) is 3.87. The molecule has 17 heavy (non-hydrogen) atoms. The van der Waals surface area contributed by atoms with E-state index in [-0.39, 0.29) is 5.54 Å². The summed E-state index contributed by atoms with van der Waals surface area (Å²) in [6.07, 6.45) is 1.14. The Morgan fingerprint density at radius 1 is 1.47 bits per heavy atom. The molecule has 2 N–H and O–H groups in total. The van der Waals surface area contributed by atoms with Crippen LogP contribution < -0.4 is 5.32 Å². The number of phenolic OH excluding ortho intramolecular Hbond substituents is 1. The van der Waals surface area contributed by atoms with Gasteiger partial charge < -0.3 is 10.4 Å². The van der Waals surface area contributed by atoms with E-state index in [1.165, 1.54) is 5.56 Å². The summed E-state index contributed by atoms with van der Waals surface area (Å²) < 4.78 is 0. The van der Waals surface area contributed by atoms with Crippen molar-refractivity contribution < 1.29 is 5.11 Å². The van der Waals surface area contributed by atoms with Crippen LogP contribution in [0.2, 0.25) is 0 Å². The fourth-order valence-corrected chi connectivity index (χ4v) is 2.45. The number of piperazine rings is 1.